The van der Waals surface area contributed by atoms with Gasteiger partial charge < -0.3 is 28.4 Å². The Labute approximate surface area is 427 Å². The van der Waals surface area contributed by atoms with Crippen molar-refractivity contribution >= 4 is 47.8 Å². The van der Waals surface area contributed by atoms with Crippen molar-refractivity contribution in [3.63, 3.8) is 0 Å². The number of rotatable bonds is 14. The van der Waals surface area contributed by atoms with Crippen LogP contribution in [0, 0.1) is 47.0 Å². The Morgan fingerprint density at radius 1 is 0.452 bits per heavy atom. The SMILES string of the molecule is CCC(CC)(C(=O)OCOC(=O)N(C(=O)c1cccc(OC)c1C)N(C(=O)c1cc(C)cc(C)c1)C(C)(C)C)C(=O)OCOC(=O)N(C(=O)c1cccc(OC)c1C)N(C(=O)c1cc(C)cc(C)c1)C(C)(C)C. The molecule has 73 heavy (non-hydrogen) atoms. The second-order valence-corrected chi connectivity index (χ2v) is 19.5. The number of aryl methyl sites for hydroxylation is 4. The molecule has 392 valence electrons. The van der Waals surface area contributed by atoms with Crippen LogP contribution in [-0.4, -0.2) is 107 Å². The largest absolute Gasteiger partial charge is 0.496 e. The van der Waals surface area contributed by atoms with Crippen molar-refractivity contribution < 1.29 is 66.8 Å². The number of methoxy groups -OCH3 is 2. The Kier molecular flexibility index (Phi) is 18.7. The van der Waals surface area contributed by atoms with Crippen molar-refractivity contribution in [3.05, 3.63) is 128 Å². The van der Waals surface area contributed by atoms with Crippen LogP contribution in [0.15, 0.2) is 72.8 Å². The fourth-order valence-electron chi connectivity index (χ4n) is 8.28. The zero-order valence-electron chi connectivity index (χ0n) is 44.8. The van der Waals surface area contributed by atoms with E-state index in [2.05, 4.69) is 0 Å². The minimum Gasteiger partial charge on any atom is -0.496 e. The van der Waals surface area contributed by atoms with Crippen molar-refractivity contribution in [2.24, 2.45) is 5.41 Å². The quantitative estimate of drug-likeness (QED) is 0.0499. The Balaban J connectivity index is 1.62. The van der Waals surface area contributed by atoms with E-state index >= 15 is 0 Å². The lowest BCUT2D eigenvalue weighted by atomic mass is 9.82. The molecule has 18 heteroatoms. The van der Waals surface area contributed by atoms with Gasteiger partial charge in [-0.05, 0) is 144 Å². The molecule has 0 aliphatic carbocycles. The number of nitrogens with zero attached hydrogens (tertiary/aromatic N) is 4. The number of benzene rings is 4. The average molecular weight is 1010 g/mol. The molecule has 0 aromatic heterocycles. The average Bonchev–Trinajstić information content (AvgIpc) is 3.30. The van der Waals surface area contributed by atoms with Crippen LogP contribution in [0.1, 0.15) is 143 Å². The first-order valence-electron chi connectivity index (χ1n) is 23.6. The number of amides is 6. The number of imide groups is 2. The molecule has 0 aliphatic rings. The summed E-state index contributed by atoms with van der Waals surface area (Å²) >= 11 is 0. The Bertz CT molecular complexity index is 2540. The first-order chi connectivity index (χ1) is 34.1. The highest BCUT2D eigenvalue weighted by Gasteiger charge is 2.48. The van der Waals surface area contributed by atoms with Crippen LogP contribution in [0.2, 0.25) is 0 Å². The van der Waals surface area contributed by atoms with Crippen LogP contribution >= 0.6 is 0 Å². The van der Waals surface area contributed by atoms with Gasteiger partial charge in [0.1, 0.15) is 11.5 Å². The number of carbonyl (C=O) groups excluding carboxylic acids is 8. The van der Waals surface area contributed by atoms with Gasteiger partial charge >= 0.3 is 24.1 Å². The minimum absolute atomic E-state index is 0.00262. The van der Waals surface area contributed by atoms with E-state index in [0.717, 1.165) is 32.3 Å². The standard InChI is InChI=1S/C55H68N4O14/c1-17-55(18-2,49(64)70-31-72-51(66)56(47(62)41-21-19-23-43(68-15)37(41)7)58(53(9,10)11)45(60)39-27-33(3)25-34(4)28-39)50(65)71-32-73-52(67)57(48(63)42-22-20-24-44(69-16)38(42)8)59(54(12,13)14)46(61)40-29-35(5)26-36(6)30-40/h19-30H,17-18,31-32H2,1-16H3. The van der Waals surface area contributed by atoms with E-state index < -0.39 is 77.8 Å². The van der Waals surface area contributed by atoms with Crippen molar-refractivity contribution in [2.45, 2.75) is 121 Å². The summed E-state index contributed by atoms with van der Waals surface area (Å²) in [4.78, 5) is 114. The summed E-state index contributed by atoms with van der Waals surface area (Å²) < 4.78 is 32.5. The molecule has 0 aliphatic heterocycles. The van der Waals surface area contributed by atoms with Gasteiger partial charge in [0.2, 0.25) is 13.6 Å². The topological polar surface area (TPSA) is 205 Å². The zero-order chi connectivity index (χ0) is 54.9. The molecular weight excluding hydrogens is 941 g/mol. The summed E-state index contributed by atoms with van der Waals surface area (Å²) in [5.74, 6) is -5.11. The summed E-state index contributed by atoms with van der Waals surface area (Å²) in [5.41, 5.74) is -0.461. The van der Waals surface area contributed by atoms with Crippen LogP contribution in [0.3, 0.4) is 0 Å². The minimum atomic E-state index is -2.06. The van der Waals surface area contributed by atoms with Gasteiger partial charge in [-0.1, -0.05) is 60.4 Å². The smallest absolute Gasteiger partial charge is 0.439 e. The van der Waals surface area contributed by atoms with E-state index in [1.54, 1.807) is 132 Å². The molecule has 0 heterocycles. The van der Waals surface area contributed by atoms with Gasteiger partial charge in [0, 0.05) is 33.4 Å². The zero-order valence-corrected chi connectivity index (χ0v) is 44.8. The lowest BCUT2D eigenvalue weighted by Gasteiger charge is -2.41. The maximum Gasteiger partial charge on any atom is 0.439 e. The number of esters is 2. The number of carbonyl (C=O) groups is 8. The number of hydrogen-bond acceptors (Lipinski definition) is 14. The fraction of sp³-hybridized carbons (Fsp3) is 0.418. The third-order valence-corrected chi connectivity index (χ3v) is 11.9. The molecule has 18 nitrogen and oxygen atoms in total. The first-order valence-corrected chi connectivity index (χ1v) is 23.6. The van der Waals surface area contributed by atoms with Gasteiger partial charge in [-0.3, -0.25) is 28.8 Å². The van der Waals surface area contributed by atoms with Crippen molar-refractivity contribution in [3.8, 4) is 11.5 Å². The molecule has 0 spiro atoms. The second-order valence-electron chi connectivity index (χ2n) is 19.5. The molecule has 4 aromatic rings. The van der Waals surface area contributed by atoms with E-state index in [4.69, 9.17) is 28.4 Å². The highest BCUT2D eigenvalue weighted by molar-refractivity contribution is 6.08. The van der Waals surface area contributed by atoms with Crippen LogP contribution in [0.25, 0.3) is 0 Å². The summed E-state index contributed by atoms with van der Waals surface area (Å²) in [6.45, 7) is 20.8. The highest BCUT2D eigenvalue weighted by atomic mass is 16.7. The molecule has 0 N–H and O–H groups in total. The van der Waals surface area contributed by atoms with E-state index in [-0.39, 0.29) is 35.1 Å². The summed E-state index contributed by atoms with van der Waals surface area (Å²) in [5, 5.41) is 2.98. The monoisotopic (exact) mass is 1010 g/mol. The maximum absolute atomic E-state index is 14.5. The molecule has 0 fully saturated rings. The maximum atomic E-state index is 14.5. The molecule has 0 saturated carbocycles. The molecule has 0 bridgehead atoms. The molecule has 4 aromatic carbocycles. The van der Waals surface area contributed by atoms with Crippen molar-refractivity contribution in [1.82, 2.24) is 20.0 Å². The van der Waals surface area contributed by atoms with E-state index in [1.165, 1.54) is 40.2 Å². The van der Waals surface area contributed by atoms with Crippen LogP contribution < -0.4 is 9.47 Å². The van der Waals surface area contributed by atoms with Gasteiger partial charge in [0.05, 0.1) is 25.3 Å². The summed E-state index contributed by atoms with van der Waals surface area (Å²) in [7, 11) is 2.83. The lowest BCUT2D eigenvalue weighted by Crippen LogP contribution is -2.60. The van der Waals surface area contributed by atoms with Crippen molar-refractivity contribution in [1.29, 1.82) is 0 Å². The third-order valence-electron chi connectivity index (χ3n) is 11.9. The van der Waals surface area contributed by atoms with Gasteiger partial charge in [0.15, 0.2) is 5.41 Å². The van der Waals surface area contributed by atoms with Crippen LogP contribution in [0.4, 0.5) is 9.59 Å². The third kappa shape index (κ3) is 13.0. The van der Waals surface area contributed by atoms with E-state index in [9.17, 15) is 38.4 Å². The van der Waals surface area contributed by atoms with Gasteiger partial charge in [-0.25, -0.2) is 19.6 Å². The Hall–Kier alpha value is -7.76. The molecular formula is C55H68N4O14. The molecule has 0 unspecified atom stereocenters. The Morgan fingerprint density at radius 3 is 1.04 bits per heavy atom. The lowest BCUT2D eigenvalue weighted by molar-refractivity contribution is -0.183. The normalized spacial score (nSPS) is 11.4. The first kappa shape index (κ1) is 57.8. The Morgan fingerprint density at radius 2 is 0.767 bits per heavy atom. The molecule has 6 amide bonds. The molecule has 0 atom stereocenters. The fourth-order valence-corrected chi connectivity index (χ4v) is 8.28. The summed E-state index contributed by atoms with van der Waals surface area (Å²) in [6, 6.07) is 19.4. The molecule has 0 saturated heterocycles. The highest BCUT2D eigenvalue weighted by Crippen LogP contribution is 2.33. The van der Waals surface area contributed by atoms with E-state index in [0.29, 0.717) is 32.6 Å². The second kappa shape index (κ2) is 23.6. The van der Waals surface area contributed by atoms with Crippen LogP contribution in [-0.2, 0) is 28.5 Å². The van der Waals surface area contributed by atoms with Gasteiger partial charge in [0.25, 0.3) is 23.6 Å². The van der Waals surface area contributed by atoms with Crippen LogP contribution in [0.5, 0.6) is 11.5 Å². The number of hydrogen-bond donors (Lipinski definition) is 0. The number of hydrazine groups is 2. The summed E-state index contributed by atoms with van der Waals surface area (Å²) in [6.07, 6.45) is -3.23. The number of ether oxygens (including phenoxy) is 6. The molecule has 0 radical (unpaired) electrons. The van der Waals surface area contributed by atoms with Crippen molar-refractivity contribution in [2.75, 3.05) is 27.8 Å². The predicted molar refractivity (Wildman–Crippen MR) is 269 cm³/mol. The predicted octanol–water partition coefficient (Wildman–Crippen LogP) is 9.93. The molecule has 4 rings (SSSR count). The van der Waals surface area contributed by atoms with E-state index in [1.807, 2.05) is 12.1 Å². The van der Waals surface area contributed by atoms with Gasteiger partial charge in [-0.2, -0.15) is 0 Å². The van der Waals surface area contributed by atoms with Gasteiger partial charge in [-0.15, -0.1) is 10.0 Å².